The number of aliphatic hydroxyl groups excluding tert-OH is 1. The van der Waals surface area contributed by atoms with Crippen molar-refractivity contribution < 1.29 is 14.7 Å². The van der Waals surface area contributed by atoms with Crippen LogP contribution in [0.15, 0.2) is 36.2 Å². The summed E-state index contributed by atoms with van der Waals surface area (Å²) in [6, 6.07) is 5.41. The van der Waals surface area contributed by atoms with Crippen LogP contribution in [-0.2, 0) is 0 Å². The molecule has 2 atom stereocenters. The molecule has 0 aliphatic carbocycles. The van der Waals surface area contributed by atoms with Gasteiger partial charge >= 0.3 is 6.20 Å². The van der Waals surface area contributed by atoms with E-state index in [0.717, 1.165) is 6.20 Å². The van der Waals surface area contributed by atoms with Gasteiger partial charge in [0.1, 0.15) is 0 Å². The molecule has 0 fully saturated rings. The molecule has 0 saturated heterocycles. The van der Waals surface area contributed by atoms with Gasteiger partial charge in [-0.05, 0) is 18.1 Å². The van der Waals surface area contributed by atoms with Crippen LogP contribution in [-0.4, -0.2) is 23.0 Å². The number of carbonyl (C=O) groups excluding carboxylic acids is 2. The second-order valence-corrected chi connectivity index (χ2v) is 5.03. The van der Waals surface area contributed by atoms with Crippen LogP contribution >= 0.6 is 0 Å². The number of carbonyl (C=O) groups is 2. The van der Waals surface area contributed by atoms with Crippen LogP contribution in [0.25, 0.3) is 4.98 Å². The van der Waals surface area contributed by atoms with Gasteiger partial charge in [0.15, 0.2) is 4.98 Å². The third-order valence-electron chi connectivity index (χ3n) is 3.56. The minimum Gasteiger partial charge on any atom is -0.504 e. The Morgan fingerprint density at radius 1 is 1.35 bits per heavy atom. The third kappa shape index (κ3) is 4.52. The van der Waals surface area contributed by atoms with Crippen molar-refractivity contribution in [1.29, 1.82) is 5.39 Å². The summed E-state index contributed by atoms with van der Waals surface area (Å²) in [5.74, 6) is 3.57. The van der Waals surface area contributed by atoms with Crippen molar-refractivity contribution in [3.63, 3.8) is 0 Å². The van der Waals surface area contributed by atoms with Crippen molar-refractivity contribution in [2.24, 2.45) is 11.8 Å². The lowest BCUT2D eigenvalue weighted by Gasteiger charge is -2.22. The van der Waals surface area contributed by atoms with Crippen molar-refractivity contribution >= 4 is 11.8 Å². The molecule has 1 rings (SSSR count). The van der Waals surface area contributed by atoms with Crippen LogP contribution in [0.3, 0.4) is 0 Å². The number of hydrogen-bond donors (Lipinski definition) is 4. The number of nitrogens with two attached hydrogens (primary N) is 1. The molecule has 8 heteroatoms. The predicted molar refractivity (Wildman–Crippen MR) is 84.6 cm³/mol. The molecule has 1 aromatic carbocycles. The second kappa shape index (κ2) is 8.51. The van der Waals surface area contributed by atoms with E-state index in [1.807, 2.05) is 19.3 Å². The normalized spacial score (nSPS) is 13.6. The lowest BCUT2D eigenvalue weighted by atomic mass is 9.96. The van der Waals surface area contributed by atoms with E-state index in [4.69, 9.17) is 11.2 Å². The lowest BCUT2D eigenvalue weighted by molar-refractivity contribution is 0.0898. The molecule has 0 aliphatic rings. The first-order chi connectivity index (χ1) is 11.0. The molecule has 23 heavy (non-hydrogen) atoms. The Morgan fingerprint density at radius 2 is 1.91 bits per heavy atom. The molecule has 5 N–H and O–H groups in total. The molecule has 1 aromatic rings. The molecule has 0 aromatic heterocycles. The van der Waals surface area contributed by atoms with Crippen molar-refractivity contribution in [2.75, 3.05) is 0 Å². The molecule has 122 valence electrons. The fourth-order valence-corrected chi connectivity index (χ4v) is 2.06. The van der Waals surface area contributed by atoms with Crippen LogP contribution in [0.2, 0.25) is 0 Å². The first kappa shape index (κ1) is 18.1. The van der Waals surface area contributed by atoms with Crippen LogP contribution in [0.1, 0.15) is 41.0 Å². The largest absolute Gasteiger partial charge is 0.504 e. The second-order valence-electron chi connectivity index (χ2n) is 5.03. The van der Waals surface area contributed by atoms with E-state index in [1.54, 1.807) is 12.1 Å². The summed E-state index contributed by atoms with van der Waals surface area (Å²) >= 11 is 0. The van der Waals surface area contributed by atoms with E-state index in [0.29, 0.717) is 6.42 Å². The highest BCUT2D eigenvalue weighted by atomic mass is 16.3. The highest BCUT2D eigenvalue weighted by Crippen LogP contribution is 2.16. The summed E-state index contributed by atoms with van der Waals surface area (Å²) in [5.41, 5.74) is 2.22. The number of aliphatic hydroxyl groups is 1. The van der Waals surface area contributed by atoms with Crippen LogP contribution in [0, 0.1) is 11.3 Å². The van der Waals surface area contributed by atoms with Crippen LogP contribution in [0.4, 0.5) is 0 Å². The smallest absolute Gasteiger partial charge is 0.389 e. The van der Waals surface area contributed by atoms with Gasteiger partial charge in [-0.2, -0.15) is 0 Å². The van der Waals surface area contributed by atoms with Gasteiger partial charge in [0, 0.05) is 0 Å². The number of diazo groups is 1. The van der Waals surface area contributed by atoms with E-state index in [9.17, 15) is 14.7 Å². The molecule has 0 heterocycles. The molecule has 0 saturated carbocycles. The van der Waals surface area contributed by atoms with E-state index >= 15 is 0 Å². The highest BCUT2D eigenvalue weighted by Gasteiger charge is 2.27. The average Bonchev–Trinajstić information content (AvgIpc) is 2.58. The van der Waals surface area contributed by atoms with Crippen LogP contribution in [0.5, 0.6) is 0 Å². The lowest BCUT2D eigenvalue weighted by Crippen LogP contribution is -2.42. The first-order valence-corrected chi connectivity index (χ1v) is 7.10. The quantitative estimate of drug-likeness (QED) is 0.208. The molecule has 0 radical (unpaired) electrons. The number of nitrogen functional groups attached to an aromatic ring is 1. The van der Waals surface area contributed by atoms with Gasteiger partial charge < -0.3 is 10.4 Å². The topological polar surface area (TPSA) is 133 Å². The summed E-state index contributed by atoms with van der Waals surface area (Å²) in [6.45, 7) is 3.72. The summed E-state index contributed by atoms with van der Waals surface area (Å²) in [5, 5.41) is 21.1. The predicted octanol–water partition coefficient (Wildman–Crippen LogP) is 1.69. The minimum atomic E-state index is -0.752. The molecule has 8 nitrogen and oxygen atoms in total. The Labute approximate surface area is 134 Å². The van der Waals surface area contributed by atoms with Gasteiger partial charge in [-0.1, -0.05) is 32.4 Å². The van der Waals surface area contributed by atoms with Crippen LogP contribution < -0.4 is 16.6 Å². The molecule has 0 spiro atoms. The number of benzene rings is 1. The summed E-state index contributed by atoms with van der Waals surface area (Å²) in [6.07, 6.45) is 1.52. The minimum absolute atomic E-state index is 0.116. The van der Waals surface area contributed by atoms with Crippen molar-refractivity contribution in [2.45, 2.75) is 26.3 Å². The van der Waals surface area contributed by atoms with Crippen molar-refractivity contribution in [1.82, 2.24) is 10.7 Å². The van der Waals surface area contributed by atoms with Gasteiger partial charge in [-0.15, -0.1) is 0 Å². The molecule has 2 amide bonds. The number of rotatable bonds is 6. The summed E-state index contributed by atoms with van der Waals surface area (Å²) in [4.78, 5) is 27.0. The molecule has 1 unspecified atom stereocenters. The van der Waals surface area contributed by atoms with Gasteiger partial charge in [0.05, 0.1) is 17.2 Å². The molecule has 0 aliphatic heterocycles. The Hall–Kier alpha value is -2.92. The van der Waals surface area contributed by atoms with Gasteiger partial charge in [0.2, 0.25) is 11.2 Å². The zero-order valence-corrected chi connectivity index (χ0v) is 13.0. The third-order valence-corrected chi connectivity index (χ3v) is 3.56. The average molecular weight is 318 g/mol. The monoisotopic (exact) mass is 318 g/mol. The Morgan fingerprint density at radius 3 is 2.39 bits per heavy atom. The maximum Gasteiger partial charge on any atom is 0.389 e. The number of nitrogens with one attached hydrogen (secondary N) is 2. The number of amides is 2. The van der Waals surface area contributed by atoms with E-state index < -0.39 is 17.9 Å². The van der Waals surface area contributed by atoms with Gasteiger partial charge in [-0.25, -0.2) is 5.84 Å². The Balaban J connectivity index is 3.12. The highest BCUT2D eigenvalue weighted by molar-refractivity contribution is 6.07. The first-order valence-electron chi connectivity index (χ1n) is 7.10. The van der Waals surface area contributed by atoms with E-state index in [1.165, 1.54) is 12.1 Å². The summed E-state index contributed by atoms with van der Waals surface area (Å²) in [7, 11) is 0. The molecular formula is C15H20N5O3+. The zero-order valence-electron chi connectivity index (χ0n) is 13.0. The van der Waals surface area contributed by atoms with E-state index in [2.05, 4.69) is 10.3 Å². The number of nitrogens with zero attached hydrogens (tertiary/aromatic N) is 2. The maximum absolute atomic E-state index is 12.5. The standard InChI is InChI=1S/C15H19N5O3/c1-3-9(2)13(12(21)8-18-16)19-14(22)10-6-4-5-7-11(10)15(23)20-17/h4-9,13,16-17H,3H2,1-2H3,(H2,19,21,22)/p+1/b12-8-/t9?,13-/m1/s1. The van der Waals surface area contributed by atoms with Crippen molar-refractivity contribution in [3.8, 4) is 0 Å². The number of hydrogen-bond acceptors (Lipinski definition) is 5. The SMILES string of the molecule is CCC(C)[C@@H](NC(=O)c1ccccc1C(=O)NN)/C(O)=C/[N+]#N. The van der Waals surface area contributed by atoms with Gasteiger partial charge in [0.25, 0.3) is 11.8 Å². The Kier molecular flexibility index (Phi) is 6.70. The Bertz CT molecular complexity index is 651. The fraction of sp³-hybridized carbons (Fsp3) is 0.333. The summed E-state index contributed by atoms with van der Waals surface area (Å²) < 4.78 is 0. The zero-order chi connectivity index (χ0) is 17.4. The van der Waals surface area contributed by atoms with Gasteiger partial charge in [-0.3, -0.25) is 15.0 Å². The molecule has 0 bridgehead atoms. The molecular weight excluding hydrogens is 298 g/mol. The van der Waals surface area contributed by atoms with Crippen molar-refractivity contribution in [3.05, 3.63) is 52.3 Å². The van der Waals surface area contributed by atoms with E-state index in [-0.39, 0.29) is 22.8 Å². The number of hydrazine groups is 1. The fourth-order valence-electron chi connectivity index (χ4n) is 2.06. The maximum atomic E-state index is 12.5.